The van der Waals surface area contributed by atoms with Crippen LogP contribution in [0.4, 0.5) is 4.79 Å². The van der Waals surface area contributed by atoms with Gasteiger partial charge in [-0.25, -0.2) is 4.79 Å². The van der Waals surface area contributed by atoms with E-state index in [-0.39, 0.29) is 28.7 Å². The number of methoxy groups -OCH3 is 1. The van der Waals surface area contributed by atoms with Crippen molar-refractivity contribution in [3.8, 4) is 5.75 Å². The van der Waals surface area contributed by atoms with Crippen molar-refractivity contribution >= 4 is 31.3 Å². The molecule has 0 radical (unpaired) electrons. The quantitative estimate of drug-likeness (QED) is 0.381. The maximum Gasteiger partial charge on any atom is 0.416 e. The van der Waals surface area contributed by atoms with Gasteiger partial charge in [0.25, 0.3) is 0 Å². The van der Waals surface area contributed by atoms with Crippen LogP contribution in [0.15, 0.2) is 29.3 Å². The van der Waals surface area contributed by atoms with E-state index < -0.39 is 20.0 Å². The van der Waals surface area contributed by atoms with Crippen molar-refractivity contribution in [3.63, 3.8) is 0 Å². The number of carbonyl (C=O) groups excluding carboxylic acids is 1. The Morgan fingerprint density at radius 1 is 1.16 bits per heavy atom. The lowest BCUT2D eigenvalue weighted by Crippen LogP contribution is -2.49. The summed E-state index contributed by atoms with van der Waals surface area (Å²) in [6.07, 6.45) is -0.0682. The third kappa shape index (κ3) is 7.95. The Bertz CT molecular complexity index is 957. The Labute approximate surface area is 227 Å². The van der Waals surface area contributed by atoms with Crippen molar-refractivity contribution in [1.29, 1.82) is 0 Å². The second-order valence-corrected chi connectivity index (χ2v) is 18.1. The summed E-state index contributed by atoms with van der Waals surface area (Å²) in [4.78, 5) is 19.0. The van der Waals surface area contributed by atoms with E-state index in [0.717, 1.165) is 11.3 Å². The Kier molecular flexibility index (Phi) is 9.43. The fraction of sp³-hybridized carbons (Fsp3) is 0.704. The van der Waals surface area contributed by atoms with Gasteiger partial charge in [-0.1, -0.05) is 44.7 Å². The van der Waals surface area contributed by atoms with Gasteiger partial charge >= 0.3 is 6.09 Å². The maximum absolute atomic E-state index is 12.7. The predicted octanol–water partition coefficient (Wildman–Crippen LogP) is 6.06. The molecular weight excluding hydrogens is 508 g/mol. The molecule has 0 saturated carbocycles. The molecule has 0 spiro atoms. The Hall–Kier alpha value is -1.59. The maximum atomic E-state index is 12.7. The molecule has 208 valence electrons. The van der Waals surface area contributed by atoms with Gasteiger partial charge in [-0.2, -0.15) is 0 Å². The minimum Gasteiger partial charge on any atom is -0.497 e. The molecule has 1 fully saturated rings. The van der Waals surface area contributed by atoms with Crippen LogP contribution < -0.4 is 4.74 Å². The average molecular weight is 553 g/mol. The number of amidine groups is 1. The summed E-state index contributed by atoms with van der Waals surface area (Å²) >= 11 is 1.44. The second kappa shape index (κ2) is 11.7. The number of aliphatic imine (C=N–C) groups is 1. The standard InChI is InChI=1S/C27H44N2O6SSi/c1-26(2,3)35-25(30)29(7)24-28-22-21(32-16-18-11-13-19(31-8)14-12-18)15-20(34-23(22)36-24)17-33-37(9,10)27(4,5)6/h11-14,20-23H,15-17H2,1-10H3/t20-,21?,22+,23+/m0/s1. The number of fused-ring (bicyclic) bond motifs is 1. The van der Waals surface area contributed by atoms with Crippen LogP contribution in [0.2, 0.25) is 18.1 Å². The van der Waals surface area contributed by atoms with Crippen LogP contribution in [0.5, 0.6) is 5.75 Å². The molecule has 8 nitrogen and oxygen atoms in total. The molecule has 37 heavy (non-hydrogen) atoms. The number of benzene rings is 1. The molecule has 0 N–H and O–H groups in total. The highest BCUT2D eigenvalue weighted by atomic mass is 32.2. The Morgan fingerprint density at radius 3 is 2.38 bits per heavy atom. The minimum atomic E-state index is -1.93. The van der Waals surface area contributed by atoms with Gasteiger partial charge in [0, 0.05) is 13.5 Å². The molecule has 1 amide bonds. The summed E-state index contributed by atoms with van der Waals surface area (Å²) in [7, 11) is 1.41. The molecule has 2 aliphatic rings. The van der Waals surface area contributed by atoms with Gasteiger partial charge in [-0.15, -0.1) is 0 Å². The first-order valence-corrected chi connectivity index (χ1v) is 16.6. The van der Waals surface area contributed by atoms with E-state index in [1.165, 1.54) is 16.7 Å². The number of amides is 1. The number of carbonyl (C=O) groups is 1. The zero-order chi connectivity index (χ0) is 27.6. The molecule has 4 atom stereocenters. The smallest absolute Gasteiger partial charge is 0.416 e. The molecule has 3 rings (SSSR count). The monoisotopic (exact) mass is 552 g/mol. The minimum absolute atomic E-state index is 0.114. The van der Waals surface area contributed by atoms with Gasteiger partial charge in [0.1, 0.15) is 22.8 Å². The van der Waals surface area contributed by atoms with Crippen molar-refractivity contribution in [3.05, 3.63) is 29.8 Å². The third-order valence-corrected chi connectivity index (χ3v) is 12.7. The SMILES string of the molecule is COc1ccc(COC2C[C@@H](CO[Si](C)(C)C(C)(C)C)O[C@@H]3SC(N(C)C(=O)OC(C)(C)C)=N[C@H]23)cc1. The topological polar surface area (TPSA) is 78.8 Å². The van der Waals surface area contributed by atoms with Crippen LogP contribution in [-0.2, 0) is 25.2 Å². The molecule has 0 bridgehead atoms. The summed E-state index contributed by atoms with van der Waals surface area (Å²) in [6.45, 7) is 17.7. The largest absolute Gasteiger partial charge is 0.497 e. The summed E-state index contributed by atoms with van der Waals surface area (Å²) in [5, 5.41) is 0.691. The van der Waals surface area contributed by atoms with E-state index in [9.17, 15) is 4.79 Å². The molecule has 2 heterocycles. The van der Waals surface area contributed by atoms with Crippen molar-refractivity contribution in [2.45, 2.75) is 102 Å². The lowest BCUT2D eigenvalue weighted by molar-refractivity contribution is -0.111. The highest BCUT2D eigenvalue weighted by Crippen LogP contribution is 2.41. The van der Waals surface area contributed by atoms with Gasteiger partial charge in [0.2, 0.25) is 0 Å². The van der Waals surface area contributed by atoms with Gasteiger partial charge in [0.05, 0.1) is 32.5 Å². The molecule has 2 aliphatic heterocycles. The van der Waals surface area contributed by atoms with E-state index >= 15 is 0 Å². The van der Waals surface area contributed by atoms with Crippen LogP contribution in [0.1, 0.15) is 53.5 Å². The third-order valence-electron chi connectivity index (χ3n) is 6.98. The summed E-state index contributed by atoms with van der Waals surface area (Å²) in [5.41, 5.74) is 0.204. The van der Waals surface area contributed by atoms with E-state index in [4.69, 9.17) is 28.4 Å². The predicted molar refractivity (Wildman–Crippen MR) is 151 cm³/mol. The number of hydrogen-bond donors (Lipinski definition) is 0. The van der Waals surface area contributed by atoms with Crippen molar-refractivity contribution in [2.24, 2.45) is 4.99 Å². The van der Waals surface area contributed by atoms with Crippen LogP contribution in [0.25, 0.3) is 0 Å². The first-order chi connectivity index (χ1) is 17.1. The molecule has 0 aromatic heterocycles. The van der Waals surface area contributed by atoms with Crippen molar-refractivity contribution in [1.82, 2.24) is 4.90 Å². The molecule has 0 aliphatic carbocycles. The van der Waals surface area contributed by atoms with Crippen LogP contribution >= 0.6 is 11.8 Å². The number of thioether (sulfide) groups is 1. The highest BCUT2D eigenvalue weighted by molar-refractivity contribution is 8.14. The second-order valence-electron chi connectivity index (χ2n) is 12.2. The lowest BCUT2D eigenvalue weighted by Gasteiger charge is -2.40. The van der Waals surface area contributed by atoms with Gasteiger partial charge in [-0.05, 0) is 56.6 Å². The highest BCUT2D eigenvalue weighted by Gasteiger charge is 2.47. The molecule has 1 unspecified atom stereocenters. The first-order valence-electron chi connectivity index (χ1n) is 12.8. The molecule has 1 aromatic carbocycles. The molecule has 1 saturated heterocycles. The molecular formula is C27H44N2O6SSi. The fourth-order valence-electron chi connectivity index (χ4n) is 3.69. The fourth-order valence-corrected chi connectivity index (χ4v) is 5.94. The lowest BCUT2D eigenvalue weighted by atomic mass is 10.0. The van der Waals surface area contributed by atoms with Crippen molar-refractivity contribution in [2.75, 3.05) is 20.8 Å². The van der Waals surface area contributed by atoms with Gasteiger partial charge < -0.3 is 23.4 Å². The number of hydrogen-bond acceptors (Lipinski definition) is 8. The van der Waals surface area contributed by atoms with Crippen LogP contribution in [0.3, 0.4) is 0 Å². The Balaban J connectivity index is 1.74. The van der Waals surface area contributed by atoms with Gasteiger partial charge in [-0.3, -0.25) is 9.89 Å². The average Bonchev–Trinajstić information content (AvgIpc) is 3.23. The van der Waals surface area contributed by atoms with E-state index in [1.807, 2.05) is 45.0 Å². The number of ether oxygens (including phenoxy) is 4. The zero-order valence-electron chi connectivity index (χ0n) is 24.0. The number of rotatable bonds is 7. The van der Waals surface area contributed by atoms with Crippen molar-refractivity contribution < 1.29 is 28.2 Å². The zero-order valence-corrected chi connectivity index (χ0v) is 25.8. The number of nitrogens with zero attached hydrogens (tertiary/aromatic N) is 2. The summed E-state index contributed by atoms with van der Waals surface area (Å²) in [6, 6.07) is 7.63. The van der Waals surface area contributed by atoms with Crippen LogP contribution in [-0.4, -0.2) is 74.5 Å². The summed E-state index contributed by atoms with van der Waals surface area (Å²) in [5.74, 6) is 0.810. The van der Waals surface area contributed by atoms with E-state index in [0.29, 0.717) is 24.8 Å². The van der Waals surface area contributed by atoms with Crippen LogP contribution in [0, 0.1) is 0 Å². The molecule has 1 aromatic rings. The van der Waals surface area contributed by atoms with Gasteiger partial charge in [0.15, 0.2) is 13.5 Å². The first kappa shape index (κ1) is 30.0. The summed E-state index contributed by atoms with van der Waals surface area (Å²) < 4.78 is 30.2. The normalized spacial score (nSPS) is 24.3. The molecule has 10 heteroatoms. The van der Waals surface area contributed by atoms with E-state index in [2.05, 4.69) is 33.9 Å². The Morgan fingerprint density at radius 2 is 1.81 bits per heavy atom. The van der Waals surface area contributed by atoms with E-state index in [1.54, 1.807) is 14.2 Å².